The molecule has 104 valence electrons. The number of nitrogens with one attached hydrogen (secondary N) is 1. The quantitative estimate of drug-likeness (QED) is 0.866. The van der Waals surface area contributed by atoms with Crippen molar-refractivity contribution >= 4 is 21.8 Å². The number of carbonyl (C=O) groups excluding carboxylic acids is 1. The first-order chi connectivity index (χ1) is 9.47. The van der Waals surface area contributed by atoms with Gasteiger partial charge in [-0.2, -0.15) is 0 Å². The number of amides is 1. The molecule has 1 aromatic carbocycles. The summed E-state index contributed by atoms with van der Waals surface area (Å²) in [5.41, 5.74) is 1.83. The number of hydrogen-bond acceptors (Lipinski definition) is 2. The van der Waals surface area contributed by atoms with Gasteiger partial charge in [-0.25, -0.2) is 9.37 Å². The Bertz CT molecular complexity index is 646. The van der Waals surface area contributed by atoms with Crippen LogP contribution in [-0.4, -0.2) is 10.9 Å². The highest BCUT2D eigenvalue weighted by atomic mass is 79.9. The lowest BCUT2D eigenvalue weighted by molar-refractivity contribution is 0.0939. The Balaban J connectivity index is 2.13. The van der Waals surface area contributed by atoms with Gasteiger partial charge in [-0.3, -0.25) is 4.79 Å². The number of benzene rings is 1. The molecule has 5 heteroatoms. The van der Waals surface area contributed by atoms with Gasteiger partial charge in [-0.1, -0.05) is 12.1 Å². The van der Waals surface area contributed by atoms with Crippen molar-refractivity contribution in [1.29, 1.82) is 0 Å². The fourth-order valence-electron chi connectivity index (χ4n) is 1.79. The standard InChI is InChI=1S/C15H14BrFN2O/c1-9-3-4-11(7-13(9)17)10(2)19-15(20)12-5-6-18-14(16)8-12/h3-8,10H,1-2H3,(H,19,20). The van der Waals surface area contributed by atoms with E-state index in [1.54, 1.807) is 31.3 Å². The fraction of sp³-hybridized carbons (Fsp3) is 0.200. The molecule has 1 unspecified atom stereocenters. The lowest BCUT2D eigenvalue weighted by atomic mass is 10.1. The number of aromatic nitrogens is 1. The Hall–Kier alpha value is -1.75. The zero-order chi connectivity index (χ0) is 14.7. The van der Waals surface area contributed by atoms with E-state index in [1.807, 2.05) is 13.0 Å². The van der Waals surface area contributed by atoms with Crippen LogP contribution in [0.4, 0.5) is 4.39 Å². The van der Waals surface area contributed by atoms with Crippen LogP contribution in [0.15, 0.2) is 41.1 Å². The molecule has 0 aliphatic rings. The van der Waals surface area contributed by atoms with Crippen LogP contribution in [0.25, 0.3) is 0 Å². The highest BCUT2D eigenvalue weighted by molar-refractivity contribution is 9.10. The summed E-state index contributed by atoms with van der Waals surface area (Å²) in [4.78, 5) is 16.0. The first-order valence-corrected chi connectivity index (χ1v) is 6.95. The van der Waals surface area contributed by atoms with E-state index in [4.69, 9.17) is 0 Å². The van der Waals surface area contributed by atoms with Crippen LogP contribution in [0, 0.1) is 12.7 Å². The molecule has 1 atom stereocenters. The van der Waals surface area contributed by atoms with Crippen molar-refractivity contribution in [3.63, 3.8) is 0 Å². The second-order valence-electron chi connectivity index (χ2n) is 4.57. The van der Waals surface area contributed by atoms with Crippen LogP contribution in [-0.2, 0) is 0 Å². The topological polar surface area (TPSA) is 42.0 Å². The number of pyridine rings is 1. The normalized spacial score (nSPS) is 12.0. The summed E-state index contributed by atoms with van der Waals surface area (Å²) in [5, 5.41) is 2.83. The van der Waals surface area contributed by atoms with Crippen LogP contribution in [0.5, 0.6) is 0 Å². The average molecular weight is 337 g/mol. The zero-order valence-electron chi connectivity index (χ0n) is 11.2. The molecule has 0 spiro atoms. The van der Waals surface area contributed by atoms with Crippen molar-refractivity contribution in [2.24, 2.45) is 0 Å². The number of nitrogens with zero attached hydrogens (tertiary/aromatic N) is 1. The van der Waals surface area contributed by atoms with E-state index >= 15 is 0 Å². The van der Waals surface area contributed by atoms with Crippen LogP contribution in [0.1, 0.15) is 34.5 Å². The molecular formula is C15H14BrFN2O. The summed E-state index contributed by atoms with van der Waals surface area (Å²) >= 11 is 3.22. The minimum absolute atomic E-state index is 0.221. The molecule has 0 saturated carbocycles. The summed E-state index contributed by atoms with van der Waals surface area (Å²) in [6, 6.07) is 7.95. The number of rotatable bonds is 3. The van der Waals surface area contributed by atoms with E-state index in [0.29, 0.717) is 15.7 Å². The third-order valence-electron chi connectivity index (χ3n) is 3.03. The number of halogens is 2. The third kappa shape index (κ3) is 3.42. The van der Waals surface area contributed by atoms with Crippen molar-refractivity contribution in [3.05, 3.63) is 63.6 Å². The van der Waals surface area contributed by atoms with E-state index in [2.05, 4.69) is 26.2 Å². The molecule has 1 N–H and O–H groups in total. The maximum Gasteiger partial charge on any atom is 0.251 e. The van der Waals surface area contributed by atoms with Crippen LogP contribution in [0.2, 0.25) is 0 Å². The van der Waals surface area contributed by atoms with Crippen LogP contribution in [0.3, 0.4) is 0 Å². The summed E-state index contributed by atoms with van der Waals surface area (Å²) < 4.78 is 14.1. The fourth-order valence-corrected chi connectivity index (χ4v) is 2.15. The van der Waals surface area contributed by atoms with Crippen LogP contribution >= 0.6 is 15.9 Å². The van der Waals surface area contributed by atoms with Crippen molar-refractivity contribution in [1.82, 2.24) is 10.3 Å². The molecule has 1 amide bonds. The van der Waals surface area contributed by atoms with Gasteiger partial charge in [0.1, 0.15) is 10.4 Å². The Morgan fingerprint density at radius 1 is 1.35 bits per heavy atom. The van der Waals surface area contributed by atoms with Gasteiger partial charge in [0.2, 0.25) is 0 Å². The molecule has 20 heavy (non-hydrogen) atoms. The predicted octanol–water partition coefficient (Wildman–Crippen LogP) is 3.78. The second kappa shape index (κ2) is 6.13. The molecule has 1 aromatic heterocycles. The molecule has 3 nitrogen and oxygen atoms in total. The Morgan fingerprint density at radius 3 is 2.75 bits per heavy atom. The minimum atomic E-state index is -0.274. The molecule has 0 bridgehead atoms. The number of carbonyl (C=O) groups is 1. The van der Waals surface area contributed by atoms with Crippen molar-refractivity contribution in [2.75, 3.05) is 0 Å². The molecule has 0 aliphatic carbocycles. The Labute approximate surface area is 125 Å². The molecule has 2 aromatic rings. The predicted molar refractivity (Wildman–Crippen MR) is 79.0 cm³/mol. The zero-order valence-corrected chi connectivity index (χ0v) is 12.7. The van der Waals surface area contributed by atoms with E-state index in [1.165, 1.54) is 6.07 Å². The van der Waals surface area contributed by atoms with Gasteiger partial charge in [0, 0.05) is 11.8 Å². The maximum atomic E-state index is 13.5. The summed E-state index contributed by atoms with van der Waals surface area (Å²) in [5.74, 6) is -0.489. The smallest absolute Gasteiger partial charge is 0.251 e. The summed E-state index contributed by atoms with van der Waals surface area (Å²) in [7, 11) is 0. The van der Waals surface area contributed by atoms with E-state index in [-0.39, 0.29) is 17.8 Å². The Morgan fingerprint density at radius 2 is 2.10 bits per heavy atom. The third-order valence-corrected chi connectivity index (χ3v) is 3.47. The maximum absolute atomic E-state index is 13.5. The number of hydrogen-bond donors (Lipinski definition) is 1. The van der Waals surface area contributed by atoms with Gasteiger partial charge in [-0.05, 0) is 59.1 Å². The lowest BCUT2D eigenvalue weighted by Gasteiger charge is -2.15. The molecular weight excluding hydrogens is 323 g/mol. The lowest BCUT2D eigenvalue weighted by Crippen LogP contribution is -2.26. The molecule has 0 radical (unpaired) electrons. The molecule has 0 aliphatic heterocycles. The van der Waals surface area contributed by atoms with E-state index < -0.39 is 0 Å². The van der Waals surface area contributed by atoms with Crippen LogP contribution < -0.4 is 5.32 Å². The first-order valence-electron chi connectivity index (χ1n) is 6.16. The summed E-state index contributed by atoms with van der Waals surface area (Å²) in [6.07, 6.45) is 1.55. The monoisotopic (exact) mass is 336 g/mol. The van der Waals surface area contributed by atoms with Gasteiger partial charge >= 0.3 is 0 Å². The van der Waals surface area contributed by atoms with Gasteiger partial charge in [-0.15, -0.1) is 0 Å². The van der Waals surface area contributed by atoms with Crippen molar-refractivity contribution in [3.8, 4) is 0 Å². The summed E-state index contributed by atoms with van der Waals surface area (Å²) in [6.45, 7) is 3.52. The van der Waals surface area contributed by atoms with Gasteiger partial charge in [0.15, 0.2) is 0 Å². The van der Waals surface area contributed by atoms with Crippen molar-refractivity contribution < 1.29 is 9.18 Å². The molecule has 2 rings (SSSR count). The SMILES string of the molecule is Cc1ccc(C(C)NC(=O)c2ccnc(Br)c2)cc1F. The number of aryl methyl sites for hydroxylation is 1. The highest BCUT2D eigenvalue weighted by Crippen LogP contribution is 2.17. The molecule has 0 saturated heterocycles. The Kier molecular flexibility index (Phi) is 4.49. The average Bonchev–Trinajstić information content (AvgIpc) is 2.41. The molecule has 1 heterocycles. The van der Waals surface area contributed by atoms with Gasteiger partial charge in [0.25, 0.3) is 5.91 Å². The van der Waals surface area contributed by atoms with E-state index in [0.717, 1.165) is 5.56 Å². The largest absolute Gasteiger partial charge is 0.346 e. The van der Waals surface area contributed by atoms with Crippen molar-refractivity contribution in [2.45, 2.75) is 19.9 Å². The van der Waals surface area contributed by atoms with Gasteiger partial charge in [0.05, 0.1) is 6.04 Å². The minimum Gasteiger partial charge on any atom is -0.346 e. The van der Waals surface area contributed by atoms with Gasteiger partial charge < -0.3 is 5.32 Å². The second-order valence-corrected chi connectivity index (χ2v) is 5.38. The van der Waals surface area contributed by atoms with E-state index in [9.17, 15) is 9.18 Å². The highest BCUT2D eigenvalue weighted by Gasteiger charge is 2.13. The molecule has 0 fully saturated rings. The first kappa shape index (κ1) is 14.7.